The second kappa shape index (κ2) is 6.33. The van der Waals surface area contributed by atoms with Crippen molar-refractivity contribution < 1.29 is 19.3 Å². The summed E-state index contributed by atoms with van der Waals surface area (Å²) in [6.45, 7) is 3.95. The van der Waals surface area contributed by atoms with Crippen LogP contribution in [0.4, 0.5) is 0 Å². The van der Waals surface area contributed by atoms with Crippen LogP contribution in [0.5, 0.6) is 11.5 Å². The molecule has 4 nitrogen and oxygen atoms in total. The standard InChI is InChI=1S/C17H20O4/c1-12(8-18)9-20-16-6-2-5-15-14(16)4-3-7-17(15)21-11-13-10-19-13/h2-7,12-13,18H,8-11H2,1H3. The van der Waals surface area contributed by atoms with E-state index in [-0.39, 0.29) is 18.6 Å². The average Bonchev–Trinajstić information content (AvgIpc) is 3.34. The van der Waals surface area contributed by atoms with Gasteiger partial charge in [-0.15, -0.1) is 0 Å². The molecule has 1 heterocycles. The van der Waals surface area contributed by atoms with Crippen LogP contribution in [0.3, 0.4) is 0 Å². The van der Waals surface area contributed by atoms with E-state index in [2.05, 4.69) is 0 Å². The highest BCUT2D eigenvalue weighted by atomic mass is 16.6. The number of fused-ring (bicyclic) bond motifs is 1. The first-order valence-corrected chi connectivity index (χ1v) is 7.27. The van der Waals surface area contributed by atoms with Gasteiger partial charge < -0.3 is 19.3 Å². The van der Waals surface area contributed by atoms with E-state index in [9.17, 15) is 0 Å². The van der Waals surface area contributed by atoms with Crippen LogP contribution in [0, 0.1) is 5.92 Å². The molecule has 1 saturated heterocycles. The molecule has 3 rings (SSSR count). The average molecular weight is 288 g/mol. The molecule has 0 radical (unpaired) electrons. The quantitative estimate of drug-likeness (QED) is 0.796. The fourth-order valence-electron chi connectivity index (χ4n) is 2.14. The van der Waals surface area contributed by atoms with Crippen molar-refractivity contribution in [2.45, 2.75) is 13.0 Å². The Bertz CT molecular complexity index is 607. The highest BCUT2D eigenvalue weighted by molar-refractivity contribution is 5.93. The minimum absolute atomic E-state index is 0.117. The summed E-state index contributed by atoms with van der Waals surface area (Å²) < 4.78 is 16.8. The third-order valence-corrected chi connectivity index (χ3v) is 3.50. The van der Waals surface area contributed by atoms with E-state index in [1.54, 1.807) is 0 Å². The number of benzene rings is 2. The van der Waals surface area contributed by atoms with Gasteiger partial charge in [-0.3, -0.25) is 0 Å². The van der Waals surface area contributed by atoms with E-state index in [4.69, 9.17) is 19.3 Å². The van der Waals surface area contributed by atoms with E-state index in [1.807, 2.05) is 43.3 Å². The van der Waals surface area contributed by atoms with E-state index in [0.29, 0.717) is 13.2 Å². The highest BCUT2D eigenvalue weighted by Crippen LogP contribution is 2.32. The number of hydrogen-bond donors (Lipinski definition) is 1. The second-order valence-corrected chi connectivity index (χ2v) is 5.47. The van der Waals surface area contributed by atoms with Crippen molar-refractivity contribution in [1.29, 1.82) is 0 Å². The highest BCUT2D eigenvalue weighted by Gasteiger charge is 2.23. The lowest BCUT2D eigenvalue weighted by Gasteiger charge is -2.14. The van der Waals surface area contributed by atoms with E-state index >= 15 is 0 Å². The minimum atomic E-state index is 0.117. The molecule has 112 valence electrons. The van der Waals surface area contributed by atoms with Gasteiger partial charge in [0.15, 0.2) is 0 Å². The van der Waals surface area contributed by atoms with Crippen molar-refractivity contribution in [2.24, 2.45) is 5.92 Å². The van der Waals surface area contributed by atoms with Crippen LogP contribution in [-0.4, -0.2) is 37.6 Å². The molecule has 0 aromatic heterocycles. The number of aliphatic hydroxyl groups is 1. The molecular weight excluding hydrogens is 268 g/mol. The largest absolute Gasteiger partial charge is 0.493 e. The molecule has 21 heavy (non-hydrogen) atoms. The van der Waals surface area contributed by atoms with E-state index in [1.165, 1.54) is 0 Å². The van der Waals surface area contributed by atoms with Crippen molar-refractivity contribution in [2.75, 3.05) is 26.4 Å². The monoisotopic (exact) mass is 288 g/mol. The predicted octanol–water partition coefficient (Wildman–Crippen LogP) is 2.62. The Kier molecular flexibility index (Phi) is 4.27. The van der Waals surface area contributed by atoms with Gasteiger partial charge in [0.25, 0.3) is 0 Å². The number of aliphatic hydroxyl groups excluding tert-OH is 1. The molecule has 0 bridgehead atoms. The number of hydrogen-bond acceptors (Lipinski definition) is 4. The molecule has 1 fully saturated rings. The van der Waals surface area contributed by atoms with Crippen molar-refractivity contribution in [1.82, 2.24) is 0 Å². The summed E-state index contributed by atoms with van der Waals surface area (Å²) in [6, 6.07) is 11.9. The van der Waals surface area contributed by atoms with Gasteiger partial charge in [0.05, 0.1) is 13.2 Å². The van der Waals surface area contributed by atoms with Crippen molar-refractivity contribution >= 4 is 10.8 Å². The van der Waals surface area contributed by atoms with Crippen molar-refractivity contribution in [3.05, 3.63) is 36.4 Å². The van der Waals surface area contributed by atoms with Gasteiger partial charge in [-0.05, 0) is 12.1 Å². The lowest BCUT2D eigenvalue weighted by Crippen LogP contribution is -2.12. The number of epoxide rings is 1. The Morgan fingerprint density at radius 2 is 1.76 bits per heavy atom. The topological polar surface area (TPSA) is 51.2 Å². The molecule has 0 saturated carbocycles. The molecule has 2 atom stereocenters. The van der Waals surface area contributed by atoms with E-state index < -0.39 is 0 Å². The van der Waals surface area contributed by atoms with Crippen LogP contribution in [0.15, 0.2) is 36.4 Å². The molecule has 0 amide bonds. The maximum atomic E-state index is 9.09. The molecule has 4 heteroatoms. The zero-order valence-electron chi connectivity index (χ0n) is 12.1. The molecule has 2 aromatic carbocycles. The maximum absolute atomic E-state index is 9.09. The summed E-state index contributed by atoms with van der Waals surface area (Å²) in [4.78, 5) is 0. The molecule has 1 aliphatic rings. The Hall–Kier alpha value is -1.78. The van der Waals surface area contributed by atoms with E-state index in [0.717, 1.165) is 28.9 Å². The first kappa shape index (κ1) is 14.2. The Morgan fingerprint density at radius 3 is 2.33 bits per heavy atom. The Morgan fingerprint density at radius 1 is 1.14 bits per heavy atom. The molecule has 0 spiro atoms. The lowest BCUT2D eigenvalue weighted by molar-refractivity contribution is 0.175. The van der Waals surface area contributed by atoms with Crippen LogP contribution < -0.4 is 9.47 Å². The van der Waals surface area contributed by atoms with Crippen LogP contribution in [-0.2, 0) is 4.74 Å². The van der Waals surface area contributed by atoms with Gasteiger partial charge >= 0.3 is 0 Å². The molecular formula is C17H20O4. The first-order valence-electron chi connectivity index (χ1n) is 7.27. The molecule has 1 aliphatic heterocycles. The molecule has 2 unspecified atom stereocenters. The van der Waals surface area contributed by atoms with Crippen LogP contribution in [0.1, 0.15) is 6.92 Å². The van der Waals surface area contributed by atoms with Crippen LogP contribution >= 0.6 is 0 Å². The Labute approximate surface area is 124 Å². The number of rotatable bonds is 7. The fourth-order valence-corrected chi connectivity index (χ4v) is 2.14. The van der Waals surface area contributed by atoms with Gasteiger partial charge in [0.1, 0.15) is 24.2 Å². The summed E-state index contributed by atoms with van der Waals surface area (Å²) in [5, 5.41) is 11.1. The van der Waals surface area contributed by atoms with Crippen LogP contribution in [0.2, 0.25) is 0 Å². The smallest absolute Gasteiger partial charge is 0.127 e. The summed E-state index contributed by atoms with van der Waals surface area (Å²) in [6.07, 6.45) is 0.241. The van der Waals surface area contributed by atoms with Gasteiger partial charge in [-0.1, -0.05) is 31.2 Å². The lowest BCUT2D eigenvalue weighted by atomic mass is 10.1. The summed E-state index contributed by atoms with van der Waals surface area (Å²) in [5.74, 6) is 1.79. The van der Waals surface area contributed by atoms with Gasteiger partial charge in [-0.2, -0.15) is 0 Å². The number of ether oxygens (including phenoxy) is 3. The normalized spacial score (nSPS) is 18.5. The molecule has 0 aliphatic carbocycles. The van der Waals surface area contributed by atoms with Crippen molar-refractivity contribution in [3.8, 4) is 11.5 Å². The van der Waals surface area contributed by atoms with Gasteiger partial charge in [0.2, 0.25) is 0 Å². The second-order valence-electron chi connectivity index (χ2n) is 5.47. The maximum Gasteiger partial charge on any atom is 0.127 e. The molecule has 2 aromatic rings. The minimum Gasteiger partial charge on any atom is -0.493 e. The van der Waals surface area contributed by atoms with Gasteiger partial charge in [-0.25, -0.2) is 0 Å². The summed E-state index contributed by atoms with van der Waals surface area (Å²) >= 11 is 0. The zero-order chi connectivity index (χ0) is 14.7. The third kappa shape index (κ3) is 3.46. The van der Waals surface area contributed by atoms with Crippen LogP contribution in [0.25, 0.3) is 10.8 Å². The zero-order valence-corrected chi connectivity index (χ0v) is 12.1. The summed E-state index contributed by atoms with van der Waals surface area (Å²) in [5.41, 5.74) is 0. The fraction of sp³-hybridized carbons (Fsp3) is 0.412. The van der Waals surface area contributed by atoms with Crippen molar-refractivity contribution in [3.63, 3.8) is 0 Å². The Balaban J connectivity index is 1.82. The first-order chi connectivity index (χ1) is 10.3. The van der Waals surface area contributed by atoms with Gasteiger partial charge in [0, 0.05) is 23.3 Å². The summed E-state index contributed by atoms with van der Waals surface area (Å²) in [7, 11) is 0. The third-order valence-electron chi connectivity index (χ3n) is 3.50. The SMILES string of the molecule is CC(CO)COc1cccc2c(OCC3CO3)cccc12. The predicted molar refractivity (Wildman–Crippen MR) is 80.9 cm³/mol. The molecule has 1 N–H and O–H groups in total.